The van der Waals surface area contributed by atoms with Gasteiger partial charge in [-0.2, -0.15) is 13.2 Å². The minimum Gasteiger partial charge on any atom is -0.490 e. The number of para-hydroxylation sites is 1. The first kappa shape index (κ1) is 27.0. The summed E-state index contributed by atoms with van der Waals surface area (Å²) >= 11 is 7.52. The predicted molar refractivity (Wildman–Crippen MR) is 138 cm³/mol. The highest BCUT2D eigenvalue weighted by molar-refractivity contribution is 8.18. The number of benzene rings is 3. The Labute approximate surface area is 223 Å². The van der Waals surface area contributed by atoms with Crippen LogP contribution in [0.25, 0.3) is 6.08 Å². The number of nitrogens with one attached hydrogen (secondary N) is 1. The van der Waals surface area contributed by atoms with Gasteiger partial charge in [0.05, 0.1) is 32.7 Å². The summed E-state index contributed by atoms with van der Waals surface area (Å²) in [5, 5.41) is 14.5. The quantitative estimate of drug-likeness (QED) is 0.183. The molecule has 0 radical (unpaired) electrons. The van der Waals surface area contributed by atoms with Gasteiger partial charge in [-0.15, -0.1) is 0 Å². The number of halogens is 4. The minimum atomic E-state index is -4.78. The number of hydrogen-bond donors (Lipinski definition) is 1. The Morgan fingerprint density at radius 3 is 2.53 bits per heavy atom. The molecule has 0 bridgehead atoms. The molecule has 3 aromatic rings. The zero-order chi connectivity index (χ0) is 27.4. The summed E-state index contributed by atoms with van der Waals surface area (Å²) in [5.41, 5.74) is -0.977. The van der Waals surface area contributed by atoms with Crippen molar-refractivity contribution in [1.82, 2.24) is 5.32 Å². The molecule has 1 fully saturated rings. The fraction of sp³-hybridized carbons (Fsp3) is 0.120. The maximum atomic E-state index is 13.0. The molecule has 0 aliphatic carbocycles. The van der Waals surface area contributed by atoms with Gasteiger partial charge in [0.2, 0.25) is 5.75 Å². The molecule has 0 atom stereocenters. The van der Waals surface area contributed by atoms with E-state index in [0.29, 0.717) is 33.5 Å². The first-order chi connectivity index (χ1) is 18.0. The summed E-state index contributed by atoms with van der Waals surface area (Å²) in [7, 11) is 0. The number of nitro benzene ring substituents is 1. The molecule has 196 valence electrons. The SMILES string of the molecule is CCOc1cc(/C=C2\SC(=Nc3ccccc3)NC2=O)cc(Cl)c1Oc1ccc(C(F)(F)F)cc1[N+](=O)[O-]. The van der Waals surface area contributed by atoms with Gasteiger partial charge in [-0.25, -0.2) is 4.99 Å². The number of carbonyl (C=O) groups excluding carboxylic acids is 1. The Hall–Kier alpha value is -4.03. The van der Waals surface area contributed by atoms with Gasteiger partial charge in [0.15, 0.2) is 16.7 Å². The molecule has 1 aliphatic heterocycles. The van der Waals surface area contributed by atoms with Gasteiger partial charge in [-0.05, 0) is 66.7 Å². The van der Waals surface area contributed by atoms with E-state index in [4.69, 9.17) is 21.1 Å². The van der Waals surface area contributed by atoms with Crippen LogP contribution in [0.2, 0.25) is 5.02 Å². The number of amidine groups is 1. The fourth-order valence-corrected chi connectivity index (χ4v) is 4.42. The van der Waals surface area contributed by atoms with Crippen LogP contribution in [0.5, 0.6) is 17.2 Å². The zero-order valence-electron chi connectivity index (χ0n) is 19.4. The third-order valence-corrected chi connectivity index (χ3v) is 6.15. The van der Waals surface area contributed by atoms with Crippen molar-refractivity contribution < 1.29 is 32.4 Å². The molecular formula is C25H17ClF3N3O5S. The molecule has 0 aromatic heterocycles. The number of rotatable bonds is 7. The lowest BCUT2D eigenvalue weighted by molar-refractivity contribution is -0.385. The second kappa shape index (κ2) is 11.2. The Morgan fingerprint density at radius 1 is 1.13 bits per heavy atom. The van der Waals surface area contributed by atoms with E-state index in [1.165, 1.54) is 12.1 Å². The number of ether oxygens (including phenoxy) is 2. The third kappa shape index (κ3) is 6.26. The summed E-state index contributed by atoms with van der Waals surface area (Å²) in [6.45, 7) is 1.83. The number of alkyl halides is 3. The number of amides is 1. The smallest absolute Gasteiger partial charge is 0.416 e. The van der Waals surface area contributed by atoms with Crippen molar-refractivity contribution in [3.05, 3.63) is 91.8 Å². The molecule has 0 spiro atoms. The maximum absolute atomic E-state index is 13.0. The molecule has 8 nitrogen and oxygen atoms in total. The normalized spacial score (nSPS) is 15.6. The highest BCUT2D eigenvalue weighted by Gasteiger charge is 2.34. The van der Waals surface area contributed by atoms with Crippen molar-refractivity contribution in [2.24, 2.45) is 4.99 Å². The van der Waals surface area contributed by atoms with Crippen LogP contribution in [-0.4, -0.2) is 22.6 Å². The number of hydrogen-bond acceptors (Lipinski definition) is 7. The van der Waals surface area contributed by atoms with Crippen LogP contribution in [0.15, 0.2) is 70.6 Å². The summed E-state index contributed by atoms with van der Waals surface area (Å²) in [6, 6.07) is 13.9. The van der Waals surface area contributed by atoms with Gasteiger partial charge in [0.1, 0.15) is 0 Å². The van der Waals surface area contributed by atoms with Crippen molar-refractivity contribution in [3.63, 3.8) is 0 Å². The standard InChI is InChI=1S/C25H17ClF3N3O5S/c1-2-36-20-11-14(12-21-23(33)31-24(38-21)30-16-6-4-3-5-7-16)10-17(26)22(20)37-19-9-8-15(25(27,28)29)13-18(19)32(34)35/h3-13H,2H2,1H3,(H,30,31,33)/b21-12-. The average molecular weight is 564 g/mol. The summed E-state index contributed by atoms with van der Waals surface area (Å²) < 4.78 is 50.3. The maximum Gasteiger partial charge on any atom is 0.416 e. The molecule has 0 unspecified atom stereocenters. The second-order valence-corrected chi connectivity index (χ2v) is 9.06. The van der Waals surface area contributed by atoms with Crippen LogP contribution in [-0.2, 0) is 11.0 Å². The van der Waals surface area contributed by atoms with Crippen LogP contribution in [0.1, 0.15) is 18.1 Å². The van der Waals surface area contributed by atoms with Crippen LogP contribution in [0.3, 0.4) is 0 Å². The first-order valence-corrected chi connectivity index (χ1v) is 12.1. The molecule has 1 heterocycles. The molecule has 13 heteroatoms. The topological polar surface area (TPSA) is 103 Å². The van der Waals surface area contributed by atoms with Gasteiger partial charge in [0.25, 0.3) is 5.91 Å². The Bertz CT molecular complexity index is 1460. The summed E-state index contributed by atoms with van der Waals surface area (Å²) in [6.07, 6.45) is -3.23. The van der Waals surface area contributed by atoms with Crippen LogP contribution in [0, 0.1) is 10.1 Å². The minimum absolute atomic E-state index is 0.0430. The van der Waals surface area contributed by atoms with E-state index in [0.717, 1.165) is 17.8 Å². The Kier molecular flexibility index (Phi) is 7.93. The van der Waals surface area contributed by atoms with Crippen molar-refractivity contribution in [2.75, 3.05) is 6.61 Å². The van der Waals surface area contributed by atoms with Gasteiger partial charge in [-0.1, -0.05) is 29.8 Å². The van der Waals surface area contributed by atoms with Crippen LogP contribution in [0.4, 0.5) is 24.5 Å². The van der Waals surface area contributed by atoms with Crippen molar-refractivity contribution >= 4 is 51.9 Å². The number of thioether (sulfide) groups is 1. The van der Waals surface area contributed by atoms with Gasteiger partial charge < -0.3 is 14.8 Å². The molecule has 4 rings (SSSR count). The van der Waals surface area contributed by atoms with E-state index in [9.17, 15) is 28.1 Å². The molecule has 3 aromatic carbocycles. The van der Waals surface area contributed by atoms with Gasteiger partial charge in [-0.3, -0.25) is 14.9 Å². The zero-order valence-corrected chi connectivity index (χ0v) is 21.0. The van der Waals surface area contributed by atoms with Crippen molar-refractivity contribution in [2.45, 2.75) is 13.1 Å². The summed E-state index contributed by atoms with van der Waals surface area (Å²) in [4.78, 5) is 27.6. The lowest BCUT2D eigenvalue weighted by Gasteiger charge is -2.15. The highest BCUT2D eigenvalue weighted by atomic mass is 35.5. The molecule has 1 aliphatic rings. The predicted octanol–water partition coefficient (Wildman–Crippen LogP) is 7.35. The summed E-state index contributed by atoms with van der Waals surface area (Å²) in [5.74, 6) is -0.889. The molecule has 1 N–H and O–H groups in total. The van der Waals surface area contributed by atoms with Crippen molar-refractivity contribution in [1.29, 1.82) is 0 Å². The lowest BCUT2D eigenvalue weighted by atomic mass is 10.1. The third-order valence-electron chi connectivity index (χ3n) is 4.96. The Morgan fingerprint density at radius 2 is 1.87 bits per heavy atom. The van der Waals surface area contributed by atoms with E-state index in [2.05, 4.69) is 10.3 Å². The second-order valence-electron chi connectivity index (χ2n) is 7.62. The number of nitrogens with zero attached hydrogens (tertiary/aromatic N) is 2. The highest BCUT2D eigenvalue weighted by Crippen LogP contribution is 2.44. The van der Waals surface area contributed by atoms with Gasteiger partial charge in [0, 0.05) is 6.07 Å². The molecule has 0 saturated carbocycles. The van der Waals surface area contributed by atoms with E-state index in [1.54, 1.807) is 25.1 Å². The molecular weight excluding hydrogens is 547 g/mol. The van der Waals surface area contributed by atoms with Crippen LogP contribution >= 0.6 is 23.4 Å². The van der Waals surface area contributed by atoms with Crippen molar-refractivity contribution in [3.8, 4) is 17.2 Å². The fourth-order valence-electron chi connectivity index (χ4n) is 3.32. The number of aliphatic imine (C=N–C) groups is 1. The average Bonchev–Trinajstić information content (AvgIpc) is 3.19. The van der Waals surface area contributed by atoms with E-state index < -0.39 is 28.1 Å². The van der Waals surface area contributed by atoms with Crippen LogP contribution < -0.4 is 14.8 Å². The number of carbonyl (C=O) groups is 1. The lowest BCUT2D eigenvalue weighted by Crippen LogP contribution is -2.19. The molecule has 1 saturated heterocycles. The van der Waals surface area contributed by atoms with Gasteiger partial charge >= 0.3 is 11.9 Å². The first-order valence-electron chi connectivity index (χ1n) is 10.9. The Balaban J connectivity index is 1.66. The molecule has 1 amide bonds. The number of nitro groups is 1. The van der Waals surface area contributed by atoms with E-state index in [-0.39, 0.29) is 29.0 Å². The van der Waals surface area contributed by atoms with E-state index in [1.807, 2.05) is 18.2 Å². The molecule has 38 heavy (non-hydrogen) atoms. The van der Waals surface area contributed by atoms with E-state index >= 15 is 0 Å². The largest absolute Gasteiger partial charge is 0.490 e. The monoisotopic (exact) mass is 563 g/mol.